The molecule has 3 rings (SSSR count). The fraction of sp³-hybridized carbons (Fsp3) is 0.600. The van der Waals surface area contributed by atoms with Gasteiger partial charge in [-0.15, -0.1) is 0 Å². The summed E-state index contributed by atoms with van der Waals surface area (Å²) < 4.78 is 11.2. The zero-order chi connectivity index (χ0) is 18.9. The molecule has 140 valence electrons. The van der Waals surface area contributed by atoms with Gasteiger partial charge in [0.15, 0.2) is 0 Å². The number of aromatic amines is 1. The van der Waals surface area contributed by atoms with Crippen molar-refractivity contribution in [3.05, 3.63) is 33.1 Å². The highest BCUT2D eigenvalue weighted by Gasteiger charge is 2.57. The molecular formula is C15H18N4O7. The number of nitriles is 1. The molecule has 5 atom stereocenters. The molecule has 0 aromatic carbocycles. The second-order valence-electron chi connectivity index (χ2n) is 6.16. The monoisotopic (exact) mass is 366 g/mol. The molecular weight excluding hydrogens is 348 g/mol. The van der Waals surface area contributed by atoms with Crippen molar-refractivity contribution in [3.8, 4) is 6.07 Å². The number of aromatic nitrogens is 2. The zero-order valence-electron chi connectivity index (χ0n) is 13.6. The van der Waals surface area contributed by atoms with Gasteiger partial charge in [0.1, 0.15) is 37.0 Å². The van der Waals surface area contributed by atoms with Crippen molar-refractivity contribution in [2.24, 2.45) is 0 Å². The summed E-state index contributed by atoms with van der Waals surface area (Å²) in [5, 5.41) is 33.0. The first-order valence-corrected chi connectivity index (χ1v) is 8.07. The standard InChI is InChI=1S/C15H18N4O7/c16-7-15(19-5-3-10(20)18-14(19)24)12(22)11(21)9(26-15)6-25-13(23)8-2-1-4-17-8/h3,5,8-9,11-12,17,21-22H,1-2,4,6H2,(H,18,20,24)/t8-,9-,11?,12?,15-/m1/s1. The van der Waals surface area contributed by atoms with Crippen LogP contribution in [0.5, 0.6) is 0 Å². The maximum absolute atomic E-state index is 12.0. The van der Waals surface area contributed by atoms with Crippen molar-refractivity contribution >= 4 is 5.97 Å². The lowest BCUT2D eigenvalue weighted by molar-refractivity contribution is -0.155. The number of carbonyl (C=O) groups excluding carboxylic acids is 1. The number of hydrogen-bond donors (Lipinski definition) is 4. The molecule has 0 radical (unpaired) electrons. The van der Waals surface area contributed by atoms with Gasteiger partial charge in [0, 0.05) is 12.3 Å². The predicted octanol–water partition coefficient (Wildman–Crippen LogP) is -2.87. The number of esters is 1. The Bertz CT molecular complexity index is 837. The van der Waals surface area contributed by atoms with Crippen LogP contribution >= 0.6 is 0 Å². The molecule has 0 spiro atoms. The molecule has 2 unspecified atom stereocenters. The summed E-state index contributed by atoms with van der Waals surface area (Å²) in [5.74, 6) is -0.525. The van der Waals surface area contributed by atoms with Crippen molar-refractivity contribution in [2.75, 3.05) is 13.2 Å². The van der Waals surface area contributed by atoms with Crippen LogP contribution in [-0.2, 0) is 20.0 Å². The van der Waals surface area contributed by atoms with Crippen LogP contribution in [0.1, 0.15) is 12.8 Å². The van der Waals surface area contributed by atoms with Gasteiger partial charge in [-0.3, -0.25) is 19.1 Å². The minimum Gasteiger partial charge on any atom is -0.462 e. The van der Waals surface area contributed by atoms with Gasteiger partial charge in [0.25, 0.3) is 11.3 Å². The largest absolute Gasteiger partial charge is 0.462 e. The number of aliphatic hydroxyl groups excluding tert-OH is 2. The Morgan fingerprint density at radius 3 is 2.88 bits per heavy atom. The number of aliphatic hydroxyl groups is 2. The van der Waals surface area contributed by atoms with Crippen molar-refractivity contribution in [3.63, 3.8) is 0 Å². The quantitative estimate of drug-likeness (QED) is 0.409. The molecule has 1 aromatic rings. The van der Waals surface area contributed by atoms with Gasteiger partial charge < -0.3 is 25.0 Å². The van der Waals surface area contributed by atoms with Crippen LogP contribution < -0.4 is 16.6 Å². The van der Waals surface area contributed by atoms with Gasteiger partial charge in [0.2, 0.25) is 0 Å². The Labute approximate surface area is 146 Å². The van der Waals surface area contributed by atoms with E-state index >= 15 is 0 Å². The highest BCUT2D eigenvalue weighted by molar-refractivity contribution is 5.76. The smallest absolute Gasteiger partial charge is 0.331 e. The molecule has 0 bridgehead atoms. The highest BCUT2D eigenvalue weighted by Crippen LogP contribution is 2.34. The van der Waals surface area contributed by atoms with Crippen LogP contribution in [0.3, 0.4) is 0 Å². The number of ether oxygens (including phenoxy) is 2. The molecule has 0 amide bonds. The van der Waals surface area contributed by atoms with E-state index in [4.69, 9.17) is 9.47 Å². The van der Waals surface area contributed by atoms with Gasteiger partial charge in [-0.05, 0) is 19.4 Å². The summed E-state index contributed by atoms with van der Waals surface area (Å²) in [6.45, 7) is 0.296. The average Bonchev–Trinajstić information content (AvgIpc) is 3.23. The van der Waals surface area contributed by atoms with Crippen molar-refractivity contribution in [1.82, 2.24) is 14.9 Å². The molecule has 0 aliphatic carbocycles. The molecule has 2 aliphatic heterocycles. The maximum atomic E-state index is 12.0. The minimum absolute atomic E-state index is 0.406. The van der Waals surface area contributed by atoms with E-state index in [1.807, 2.05) is 4.98 Å². The molecule has 2 fully saturated rings. The number of nitrogens with zero attached hydrogens (tertiary/aromatic N) is 2. The molecule has 26 heavy (non-hydrogen) atoms. The second-order valence-corrected chi connectivity index (χ2v) is 6.16. The number of nitrogens with one attached hydrogen (secondary N) is 2. The van der Waals surface area contributed by atoms with Gasteiger partial charge in [-0.25, -0.2) is 4.79 Å². The van der Waals surface area contributed by atoms with Gasteiger partial charge >= 0.3 is 11.7 Å². The normalized spacial score (nSPS) is 33.7. The van der Waals surface area contributed by atoms with Gasteiger partial charge in [0.05, 0.1) is 0 Å². The topological polar surface area (TPSA) is 167 Å². The average molecular weight is 366 g/mol. The second kappa shape index (κ2) is 7.00. The van der Waals surface area contributed by atoms with Crippen molar-refractivity contribution in [2.45, 2.75) is 42.9 Å². The molecule has 2 saturated heterocycles. The number of carbonyl (C=O) groups is 1. The SMILES string of the molecule is N#C[C@@]1(n2ccc(=O)[nH]c2=O)O[C@H](COC(=O)[C@H]2CCCN2)C(O)C1O. The Hall–Kier alpha value is -2.52. The van der Waals surface area contributed by atoms with E-state index in [2.05, 4.69) is 5.32 Å². The molecule has 1 aromatic heterocycles. The molecule has 0 saturated carbocycles. The molecule has 11 nitrogen and oxygen atoms in total. The summed E-state index contributed by atoms with van der Waals surface area (Å²) in [6.07, 6.45) is -2.16. The van der Waals surface area contributed by atoms with E-state index in [1.54, 1.807) is 6.07 Å². The van der Waals surface area contributed by atoms with Crippen molar-refractivity contribution < 1.29 is 24.5 Å². The third kappa shape index (κ3) is 3.04. The van der Waals surface area contributed by atoms with Crippen LogP contribution in [0.25, 0.3) is 0 Å². The highest BCUT2D eigenvalue weighted by atomic mass is 16.6. The fourth-order valence-electron chi connectivity index (χ4n) is 3.11. The maximum Gasteiger partial charge on any atom is 0.331 e. The summed E-state index contributed by atoms with van der Waals surface area (Å²) in [5.41, 5.74) is -3.94. The molecule has 3 heterocycles. The molecule has 11 heteroatoms. The van der Waals surface area contributed by atoms with Crippen molar-refractivity contribution in [1.29, 1.82) is 5.26 Å². The van der Waals surface area contributed by atoms with Crippen LogP contribution in [0.15, 0.2) is 21.9 Å². The van der Waals surface area contributed by atoms with Crippen LogP contribution in [0, 0.1) is 11.3 Å². The van der Waals surface area contributed by atoms with Crippen LogP contribution in [0.4, 0.5) is 0 Å². The number of rotatable bonds is 4. The summed E-state index contributed by atoms with van der Waals surface area (Å²) >= 11 is 0. The summed E-state index contributed by atoms with van der Waals surface area (Å²) in [6, 6.07) is 2.19. The first-order valence-electron chi connectivity index (χ1n) is 8.07. The molecule has 2 aliphatic rings. The predicted molar refractivity (Wildman–Crippen MR) is 83.8 cm³/mol. The Morgan fingerprint density at radius 1 is 1.50 bits per heavy atom. The summed E-state index contributed by atoms with van der Waals surface area (Å²) in [7, 11) is 0. The lowest BCUT2D eigenvalue weighted by atomic mass is 10.0. The van der Waals surface area contributed by atoms with E-state index in [0.29, 0.717) is 17.5 Å². The minimum atomic E-state index is -2.26. The number of hydrogen-bond acceptors (Lipinski definition) is 9. The third-order valence-corrected chi connectivity index (χ3v) is 4.51. The summed E-state index contributed by atoms with van der Waals surface area (Å²) in [4.78, 5) is 37.1. The van der Waals surface area contributed by atoms with Gasteiger partial charge in [-0.1, -0.05) is 0 Å². The molecule has 4 N–H and O–H groups in total. The Morgan fingerprint density at radius 2 is 2.27 bits per heavy atom. The van der Waals surface area contributed by atoms with E-state index in [1.165, 1.54) is 0 Å². The van der Waals surface area contributed by atoms with E-state index in [-0.39, 0.29) is 0 Å². The lowest BCUT2D eigenvalue weighted by Gasteiger charge is -2.26. The lowest BCUT2D eigenvalue weighted by Crippen LogP contribution is -2.50. The first kappa shape index (κ1) is 18.3. The first-order chi connectivity index (χ1) is 12.4. The third-order valence-electron chi connectivity index (χ3n) is 4.51. The van der Waals surface area contributed by atoms with Crippen LogP contribution in [-0.4, -0.2) is 63.2 Å². The van der Waals surface area contributed by atoms with E-state index < -0.39 is 53.9 Å². The number of H-pyrrole nitrogens is 1. The van der Waals surface area contributed by atoms with E-state index in [0.717, 1.165) is 18.7 Å². The van der Waals surface area contributed by atoms with Crippen LogP contribution in [0.2, 0.25) is 0 Å². The Kier molecular flexibility index (Phi) is 4.92. The van der Waals surface area contributed by atoms with E-state index in [9.17, 15) is 29.9 Å². The fourth-order valence-corrected chi connectivity index (χ4v) is 3.11. The van der Waals surface area contributed by atoms with Gasteiger partial charge in [-0.2, -0.15) is 5.26 Å². The zero-order valence-corrected chi connectivity index (χ0v) is 13.6. The Balaban J connectivity index is 1.79.